The maximum absolute atomic E-state index is 13.4. The molecule has 0 aliphatic carbocycles. The van der Waals surface area contributed by atoms with Crippen LogP contribution in [0.5, 0.6) is 0 Å². The second-order valence-electron chi connectivity index (χ2n) is 8.39. The highest BCUT2D eigenvalue weighted by atomic mass is 32.2. The number of carboxylic acid groups (broad SMARTS) is 1. The van der Waals surface area contributed by atoms with Gasteiger partial charge >= 0.3 is 11.9 Å². The van der Waals surface area contributed by atoms with Crippen molar-refractivity contribution in [3.8, 4) is 0 Å². The van der Waals surface area contributed by atoms with E-state index in [1.807, 2.05) is 0 Å². The van der Waals surface area contributed by atoms with Gasteiger partial charge in [-0.1, -0.05) is 30.3 Å². The van der Waals surface area contributed by atoms with Gasteiger partial charge in [-0.05, 0) is 25.8 Å². The smallest absolute Gasteiger partial charge is 0.340 e. The molecule has 0 aromatic heterocycles. The lowest BCUT2D eigenvalue weighted by Gasteiger charge is -2.34. The SMILES string of the molecule is COC(=O)C(NC(=O)[C@H](Cc1ccccc1)CS(=O)(=O)C(C)(C)C(=O)N1CCOCC1)C(=O)O. The Balaban J connectivity index is 2.32. The van der Waals surface area contributed by atoms with Crippen molar-refractivity contribution in [3.63, 3.8) is 0 Å². The molecule has 1 aliphatic heterocycles. The summed E-state index contributed by atoms with van der Waals surface area (Å²) in [6.07, 6.45) is -0.0543. The van der Waals surface area contributed by atoms with E-state index in [0.29, 0.717) is 18.8 Å². The molecule has 1 aromatic carbocycles. The standard InChI is InChI=1S/C22H30N2O9S/c1-22(2,21(29)24-9-11-33-12-10-24)34(30,31)14-16(13-15-7-5-4-6-8-15)18(25)23-17(19(26)27)20(28)32-3/h4-8,16-17H,9-14H2,1-3H3,(H,23,25)(H,26,27)/t16-,17?/m1/s1. The van der Waals surface area contributed by atoms with Crippen LogP contribution in [0.25, 0.3) is 0 Å². The first kappa shape index (κ1) is 27.3. The van der Waals surface area contributed by atoms with E-state index in [1.54, 1.807) is 30.3 Å². The molecule has 11 nitrogen and oxygen atoms in total. The normalized spacial score (nSPS) is 16.3. The summed E-state index contributed by atoms with van der Waals surface area (Å²) < 4.78 is 34.6. The van der Waals surface area contributed by atoms with Gasteiger partial charge in [-0.2, -0.15) is 0 Å². The number of hydrogen-bond acceptors (Lipinski definition) is 8. The van der Waals surface area contributed by atoms with Gasteiger partial charge in [0.1, 0.15) is 4.75 Å². The molecule has 0 bridgehead atoms. The topological polar surface area (TPSA) is 156 Å². The minimum atomic E-state index is -4.21. The summed E-state index contributed by atoms with van der Waals surface area (Å²) in [6, 6.07) is 6.54. The molecule has 2 N–H and O–H groups in total. The van der Waals surface area contributed by atoms with Crippen LogP contribution in [0.15, 0.2) is 30.3 Å². The van der Waals surface area contributed by atoms with E-state index in [0.717, 1.165) is 7.11 Å². The highest BCUT2D eigenvalue weighted by Crippen LogP contribution is 2.25. The number of esters is 1. The Morgan fingerprint density at radius 3 is 2.26 bits per heavy atom. The van der Waals surface area contributed by atoms with Crippen molar-refractivity contribution in [2.24, 2.45) is 5.92 Å². The average Bonchev–Trinajstić information content (AvgIpc) is 2.81. The Hall–Kier alpha value is -2.99. The predicted octanol–water partition coefficient (Wildman–Crippen LogP) is -0.360. The van der Waals surface area contributed by atoms with E-state index in [1.165, 1.54) is 18.7 Å². The van der Waals surface area contributed by atoms with E-state index in [-0.39, 0.29) is 19.5 Å². The van der Waals surface area contributed by atoms with Crippen LogP contribution >= 0.6 is 0 Å². The van der Waals surface area contributed by atoms with Gasteiger partial charge in [-0.3, -0.25) is 9.59 Å². The number of nitrogens with zero attached hydrogens (tertiary/aromatic N) is 1. The number of ether oxygens (including phenoxy) is 2. The van der Waals surface area contributed by atoms with E-state index in [2.05, 4.69) is 10.1 Å². The molecule has 0 spiro atoms. The molecule has 0 saturated carbocycles. The monoisotopic (exact) mass is 498 g/mol. The molecule has 0 radical (unpaired) electrons. The third kappa shape index (κ3) is 6.54. The van der Waals surface area contributed by atoms with Crippen LogP contribution in [-0.4, -0.2) is 92.1 Å². The Morgan fingerprint density at radius 1 is 1.15 bits per heavy atom. The minimum absolute atomic E-state index is 0.0543. The third-order valence-electron chi connectivity index (χ3n) is 5.68. The number of aliphatic carboxylic acids is 1. The molecule has 2 rings (SSSR count). The molecule has 2 amide bonds. The number of carbonyl (C=O) groups is 4. The molecule has 188 valence electrons. The van der Waals surface area contributed by atoms with Crippen LogP contribution in [0.2, 0.25) is 0 Å². The molecule has 12 heteroatoms. The second-order valence-corrected chi connectivity index (χ2v) is 11.0. The van der Waals surface area contributed by atoms with Gasteiger partial charge in [0.05, 0.1) is 32.0 Å². The average molecular weight is 499 g/mol. The fourth-order valence-electron chi connectivity index (χ4n) is 3.48. The Morgan fingerprint density at radius 2 is 1.74 bits per heavy atom. The molecule has 1 unspecified atom stereocenters. The zero-order valence-corrected chi connectivity index (χ0v) is 20.2. The maximum atomic E-state index is 13.4. The number of benzene rings is 1. The highest BCUT2D eigenvalue weighted by Gasteiger charge is 2.46. The maximum Gasteiger partial charge on any atom is 0.340 e. The lowest BCUT2D eigenvalue weighted by Crippen LogP contribution is -2.55. The van der Waals surface area contributed by atoms with E-state index < -0.39 is 56.0 Å². The number of nitrogens with one attached hydrogen (secondary N) is 1. The number of carboxylic acids is 1. The fourth-order valence-corrected chi connectivity index (χ4v) is 5.09. The van der Waals surface area contributed by atoms with Crippen molar-refractivity contribution in [2.45, 2.75) is 31.1 Å². The summed E-state index contributed by atoms with van der Waals surface area (Å²) in [5.41, 5.74) is 0.625. The van der Waals surface area contributed by atoms with Crippen LogP contribution < -0.4 is 5.32 Å². The lowest BCUT2D eigenvalue weighted by molar-refractivity contribution is -0.155. The Labute approximate surface area is 198 Å². The number of sulfone groups is 1. The number of carbonyl (C=O) groups excluding carboxylic acids is 3. The summed E-state index contributed by atoms with van der Waals surface area (Å²) in [7, 11) is -3.24. The summed E-state index contributed by atoms with van der Waals surface area (Å²) in [6.45, 7) is 3.67. The number of amides is 2. The van der Waals surface area contributed by atoms with Crippen molar-refractivity contribution in [2.75, 3.05) is 39.2 Å². The first-order valence-corrected chi connectivity index (χ1v) is 12.3. The zero-order chi connectivity index (χ0) is 25.5. The molecule has 2 atom stereocenters. The first-order chi connectivity index (χ1) is 15.9. The Bertz CT molecular complexity index is 1000. The molecule has 1 aliphatic rings. The zero-order valence-electron chi connectivity index (χ0n) is 19.4. The van der Waals surface area contributed by atoms with Crippen molar-refractivity contribution in [1.29, 1.82) is 0 Å². The summed E-state index contributed by atoms with van der Waals surface area (Å²) in [4.78, 5) is 50.6. The van der Waals surface area contributed by atoms with Gasteiger partial charge in [0, 0.05) is 13.1 Å². The molecular weight excluding hydrogens is 468 g/mol. The molecule has 34 heavy (non-hydrogen) atoms. The number of morpholine rings is 1. The van der Waals surface area contributed by atoms with E-state index in [9.17, 15) is 32.7 Å². The van der Waals surface area contributed by atoms with Gasteiger partial charge in [-0.15, -0.1) is 0 Å². The van der Waals surface area contributed by atoms with Gasteiger partial charge in [-0.25, -0.2) is 18.0 Å². The van der Waals surface area contributed by atoms with Crippen LogP contribution in [0.4, 0.5) is 0 Å². The van der Waals surface area contributed by atoms with Gasteiger partial charge in [0.15, 0.2) is 9.84 Å². The van der Waals surface area contributed by atoms with Crippen molar-refractivity contribution < 1.29 is 42.2 Å². The first-order valence-electron chi connectivity index (χ1n) is 10.6. The van der Waals surface area contributed by atoms with Crippen LogP contribution in [0, 0.1) is 5.92 Å². The highest BCUT2D eigenvalue weighted by molar-refractivity contribution is 7.93. The van der Waals surface area contributed by atoms with Gasteiger partial charge < -0.3 is 24.8 Å². The van der Waals surface area contributed by atoms with Crippen LogP contribution in [-0.2, 0) is 44.9 Å². The Kier molecular flexibility index (Phi) is 9.16. The quantitative estimate of drug-likeness (QED) is 0.325. The summed E-state index contributed by atoms with van der Waals surface area (Å²) in [5, 5.41) is 11.3. The fraction of sp³-hybridized carbons (Fsp3) is 0.545. The lowest BCUT2D eigenvalue weighted by atomic mass is 10.00. The van der Waals surface area contributed by atoms with E-state index in [4.69, 9.17) is 4.74 Å². The molecule has 1 saturated heterocycles. The predicted molar refractivity (Wildman–Crippen MR) is 120 cm³/mol. The number of hydrogen-bond donors (Lipinski definition) is 2. The summed E-state index contributed by atoms with van der Waals surface area (Å²) >= 11 is 0. The molecule has 1 fully saturated rings. The van der Waals surface area contributed by atoms with E-state index >= 15 is 0 Å². The van der Waals surface area contributed by atoms with Crippen molar-refractivity contribution >= 4 is 33.6 Å². The third-order valence-corrected chi connectivity index (χ3v) is 8.25. The molecule has 1 heterocycles. The minimum Gasteiger partial charge on any atom is -0.479 e. The summed E-state index contributed by atoms with van der Waals surface area (Å²) in [5.74, 6) is -6.41. The van der Waals surface area contributed by atoms with Crippen molar-refractivity contribution in [3.05, 3.63) is 35.9 Å². The van der Waals surface area contributed by atoms with Gasteiger partial charge in [0.25, 0.3) is 0 Å². The van der Waals surface area contributed by atoms with Crippen LogP contribution in [0.1, 0.15) is 19.4 Å². The second kappa shape index (κ2) is 11.4. The van der Waals surface area contributed by atoms with Crippen LogP contribution in [0.3, 0.4) is 0 Å². The van der Waals surface area contributed by atoms with Gasteiger partial charge in [0.2, 0.25) is 17.9 Å². The molecule has 1 aromatic rings. The van der Waals surface area contributed by atoms with Crippen molar-refractivity contribution in [1.82, 2.24) is 10.2 Å². The number of rotatable bonds is 10. The largest absolute Gasteiger partial charge is 0.479 e. The molecular formula is C22H30N2O9S. The number of methoxy groups -OCH3 is 1.